The van der Waals surface area contributed by atoms with E-state index < -0.39 is 0 Å². The van der Waals surface area contributed by atoms with E-state index in [9.17, 15) is 9.59 Å². The number of hydrazone groups is 1. The summed E-state index contributed by atoms with van der Waals surface area (Å²) in [5.74, 6) is 5.94. The maximum absolute atomic E-state index is 12.8. The summed E-state index contributed by atoms with van der Waals surface area (Å²) in [5, 5.41) is 10.7. The van der Waals surface area contributed by atoms with Crippen LogP contribution in [0.15, 0.2) is 47.6 Å². The van der Waals surface area contributed by atoms with E-state index in [0.29, 0.717) is 23.5 Å². The third-order valence-electron chi connectivity index (χ3n) is 5.64. The highest BCUT2D eigenvalue weighted by Gasteiger charge is 2.43. The number of nitrogens with one attached hydrogen (secondary N) is 4. The number of carbonyl (C=O) groups excluding carboxylic acids is 2. The van der Waals surface area contributed by atoms with Crippen LogP contribution >= 0.6 is 0 Å². The molecule has 31 heavy (non-hydrogen) atoms. The summed E-state index contributed by atoms with van der Waals surface area (Å²) in [7, 11) is 1.83. The second-order valence-electron chi connectivity index (χ2n) is 7.74. The van der Waals surface area contributed by atoms with Crippen molar-refractivity contribution in [3.05, 3.63) is 64.8 Å². The monoisotopic (exact) mass is 411 g/mol. The first kappa shape index (κ1) is 19.1. The zero-order valence-electron chi connectivity index (χ0n) is 17.0. The molecule has 1 aliphatic carbocycles. The Morgan fingerprint density at radius 1 is 1.26 bits per heavy atom. The summed E-state index contributed by atoms with van der Waals surface area (Å²) in [5.41, 5.74) is 6.90. The molecule has 5 rings (SSSR count). The summed E-state index contributed by atoms with van der Waals surface area (Å²) >= 11 is 0. The minimum atomic E-state index is -0.321. The lowest BCUT2D eigenvalue weighted by Gasteiger charge is -2.08. The summed E-state index contributed by atoms with van der Waals surface area (Å²) in [6, 6.07) is 13.6. The number of amides is 2. The fraction of sp³-hybridized carbons (Fsp3) is 0.208. The number of carbonyl (C=O) groups is 2. The molecule has 2 atom stereocenters. The smallest absolute Gasteiger partial charge is 0.272 e. The summed E-state index contributed by atoms with van der Waals surface area (Å²) in [4.78, 5) is 28.7. The molecule has 1 aliphatic heterocycles. The predicted octanol–water partition coefficient (Wildman–Crippen LogP) is 2.56. The number of anilines is 1. The number of H-pyrrole nitrogens is 1. The number of aromatic amines is 1. The molecule has 1 aromatic heterocycles. The Kier molecular flexibility index (Phi) is 4.77. The summed E-state index contributed by atoms with van der Waals surface area (Å²) in [6.07, 6.45) is 2.43. The van der Waals surface area contributed by atoms with Gasteiger partial charge in [-0.15, -0.1) is 0 Å². The minimum Gasteiger partial charge on any atom is -0.347 e. The molecule has 3 aromatic rings. The van der Waals surface area contributed by atoms with Gasteiger partial charge in [-0.05, 0) is 43.0 Å². The first-order valence-corrected chi connectivity index (χ1v) is 10.2. The van der Waals surface area contributed by atoms with Crippen molar-refractivity contribution < 1.29 is 9.59 Å². The topological polar surface area (TPSA) is 98.4 Å². The van der Waals surface area contributed by atoms with Crippen LogP contribution in [-0.4, -0.2) is 36.6 Å². The minimum absolute atomic E-state index is 0.0356. The highest BCUT2D eigenvalue weighted by molar-refractivity contribution is 6.16. The van der Waals surface area contributed by atoms with Crippen molar-refractivity contribution in [3.63, 3.8) is 0 Å². The molecule has 0 spiro atoms. The van der Waals surface area contributed by atoms with E-state index in [0.717, 1.165) is 22.9 Å². The van der Waals surface area contributed by atoms with Crippen molar-refractivity contribution in [3.8, 4) is 11.8 Å². The molecule has 0 unspecified atom stereocenters. The van der Waals surface area contributed by atoms with Crippen molar-refractivity contribution in [2.24, 2.45) is 11.0 Å². The Bertz CT molecular complexity index is 1280. The van der Waals surface area contributed by atoms with E-state index in [2.05, 4.69) is 50.1 Å². The fourth-order valence-corrected chi connectivity index (χ4v) is 4.06. The third-order valence-corrected chi connectivity index (χ3v) is 5.64. The van der Waals surface area contributed by atoms with Gasteiger partial charge >= 0.3 is 0 Å². The normalized spacial score (nSPS) is 18.7. The van der Waals surface area contributed by atoms with E-state index in [1.54, 1.807) is 12.3 Å². The number of rotatable bonds is 4. The third kappa shape index (κ3) is 3.58. The van der Waals surface area contributed by atoms with Gasteiger partial charge in [0, 0.05) is 28.1 Å². The van der Waals surface area contributed by atoms with Gasteiger partial charge in [-0.25, -0.2) is 5.43 Å². The maximum atomic E-state index is 12.8. The van der Waals surface area contributed by atoms with Crippen LogP contribution in [0.25, 0.3) is 10.9 Å². The molecule has 2 heterocycles. The van der Waals surface area contributed by atoms with Crippen LogP contribution in [0.3, 0.4) is 0 Å². The first-order chi connectivity index (χ1) is 15.2. The second-order valence-corrected chi connectivity index (χ2v) is 7.74. The predicted molar refractivity (Wildman–Crippen MR) is 120 cm³/mol. The van der Waals surface area contributed by atoms with E-state index in [1.807, 2.05) is 31.3 Å². The standard InChI is InChI=1S/C24H21N5O2/c1-25-9-5-8-20-19-13-26-29-24(31)18-10-15(11-21(28-20)22(18)19)27-23(30)17-12-16(17)14-6-3-2-4-7-14/h2-4,6-7,10-11,13,16-17,25,28H,9,12H2,1H3,(H,27,30)(H,29,31)/t16-,17+/m0/s1. The lowest BCUT2D eigenvalue weighted by atomic mass is 10.0. The van der Waals surface area contributed by atoms with Gasteiger partial charge < -0.3 is 15.6 Å². The van der Waals surface area contributed by atoms with Gasteiger partial charge in [0.15, 0.2) is 0 Å². The first-order valence-electron chi connectivity index (χ1n) is 10.2. The highest BCUT2D eigenvalue weighted by atomic mass is 16.2. The van der Waals surface area contributed by atoms with Crippen LogP contribution < -0.4 is 16.1 Å². The molecular formula is C24H21N5O2. The number of hydrogen-bond donors (Lipinski definition) is 4. The van der Waals surface area contributed by atoms with Gasteiger partial charge in [0.2, 0.25) is 5.91 Å². The number of benzene rings is 2. The van der Waals surface area contributed by atoms with E-state index >= 15 is 0 Å². The molecule has 1 saturated carbocycles. The molecule has 0 bridgehead atoms. The average molecular weight is 411 g/mol. The SMILES string of the molecule is CNCC#Cc1[nH]c2cc(NC(=O)[C@@H]3C[C@H]3c3ccccc3)cc3c2c1C=NNC3=O. The summed E-state index contributed by atoms with van der Waals surface area (Å²) < 4.78 is 0. The maximum Gasteiger partial charge on any atom is 0.272 e. The highest BCUT2D eigenvalue weighted by Crippen LogP contribution is 2.48. The Morgan fingerprint density at radius 2 is 2.10 bits per heavy atom. The fourth-order valence-electron chi connectivity index (χ4n) is 4.06. The zero-order chi connectivity index (χ0) is 21.4. The molecule has 4 N–H and O–H groups in total. The summed E-state index contributed by atoms with van der Waals surface area (Å²) in [6.45, 7) is 0.543. The van der Waals surface area contributed by atoms with Gasteiger partial charge in [-0.3, -0.25) is 9.59 Å². The molecule has 0 radical (unpaired) electrons. The van der Waals surface area contributed by atoms with Crippen molar-refractivity contribution in [1.29, 1.82) is 0 Å². The molecule has 1 fully saturated rings. The van der Waals surface area contributed by atoms with Crippen molar-refractivity contribution >= 4 is 34.6 Å². The van der Waals surface area contributed by atoms with Gasteiger partial charge in [-0.2, -0.15) is 5.10 Å². The Morgan fingerprint density at radius 3 is 2.90 bits per heavy atom. The van der Waals surface area contributed by atoms with Crippen LogP contribution in [0.1, 0.15) is 39.5 Å². The molecule has 2 amide bonds. The van der Waals surface area contributed by atoms with E-state index in [4.69, 9.17) is 0 Å². The Balaban J connectivity index is 1.46. The van der Waals surface area contributed by atoms with Crippen LogP contribution in [0.4, 0.5) is 5.69 Å². The Hall–Kier alpha value is -3.89. The van der Waals surface area contributed by atoms with Crippen molar-refractivity contribution in [2.45, 2.75) is 12.3 Å². The quantitative estimate of drug-likeness (QED) is 0.497. The number of hydrogen-bond acceptors (Lipinski definition) is 4. The molecule has 7 heteroatoms. The molecule has 154 valence electrons. The van der Waals surface area contributed by atoms with Crippen molar-refractivity contribution in [1.82, 2.24) is 15.7 Å². The van der Waals surface area contributed by atoms with Gasteiger partial charge in [-0.1, -0.05) is 36.3 Å². The molecule has 2 aromatic carbocycles. The molecule has 2 aliphatic rings. The lowest BCUT2D eigenvalue weighted by Crippen LogP contribution is -2.18. The van der Waals surface area contributed by atoms with Gasteiger partial charge in [0.25, 0.3) is 5.91 Å². The van der Waals surface area contributed by atoms with Crippen molar-refractivity contribution in [2.75, 3.05) is 18.9 Å². The average Bonchev–Trinajstić information content (AvgIpc) is 3.53. The van der Waals surface area contributed by atoms with E-state index in [1.165, 1.54) is 5.56 Å². The van der Waals surface area contributed by atoms with E-state index in [-0.39, 0.29) is 23.7 Å². The van der Waals surface area contributed by atoms with Gasteiger partial charge in [0.05, 0.1) is 24.0 Å². The molecule has 7 nitrogen and oxygen atoms in total. The number of aromatic nitrogens is 1. The van der Waals surface area contributed by atoms with Crippen LogP contribution in [-0.2, 0) is 4.79 Å². The lowest BCUT2D eigenvalue weighted by molar-refractivity contribution is -0.117. The molecular weight excluding hydrogens is 390 g/mol. The molecule has 0 saturated heterocycles. The second kappa shape index (κ2) is 7.74. The van der Waals surface area contributed by atoms with Crippen LogP contribution in [0, 0.1) is 17.8 Å². The van der Waals surface area contributed by atoms with Gasteiger partial charge in [0.1, 0.15) is 0 Å². The largest absolute Gasteiger partial charge is 0.347 e. The zero-order valence-corrected chi connectivity index (χ0v) is 17.0. The number of nitrogens with zero attached hydrogens (tertiary/aromatic N) is 1. The van der Waals surface area contributed by atoms with Crippen LogP contribution in [0.2, 0.25) is 0 Å². The van der Waals surface area contributed by atoms with Crippen LogP contribution in [0.5, 0.6) is 0 Å². The Labute approximate surface area is 179 Å².